The molecule has 104 valence electrons. The minimum Gasteiger partial charge on any atom is -0.301 e. The summed E-state index contributed by atoms with van der Waals surface area (Å²) in [5.74, 6) is -1.61. The van der Waals surface area contributed by atoms with E-state index in [2.05, 4.69) is 10.4 Å². The lowest BCUT2D eigenvalue weighted by atomic mass is 10.2. The molecule has 1 aromatic heterocycles. The molecule has 0 saturated heterocycles. The van der Waals surface area contributed by atoms with Crippen molar-refractivity contribution >= 4 is 29.1 Å². The third-order valence-corrected chi connectivity index (χ3v) is 2.80. The average molecular weight is 296 g/mol. The van der Waals surface area contributed by atoms with Gasteiger partial charge >= 0.3 is 0 Å². The van der Waals surface area contributed by atoms with Gasteiger partial charge in [0, 0.05) is 13.1 Å². The van der Waals surface area contributed by atoms with E-state index < -0.39 is 11.7 Å². The quantitative estimate of drug-likeness (QED) is 0.880. The number of nitrogens with one attached hydrogen (secondary N) is 1. The van der Waals surface area contributed by atoms with E-state index in [-0.39, 0.29) is 16.7 Å². The molecule has 1 N–H and O–H groups in total. The molecule has 20 heavy (non-hydrogen) atoms. The Morgan fingerprint density at radius 1 is 1.35 bits per heavy atom. The van der Waals surface area contributed by atoms with Crippen LogP contribution in [-0.4, -0.2) is 21.5 Å². The van der Waals surface area contributed by atoms with Gasteiger partial charge in [0.05, 0.1) is 6.54 Å². The fraction of sp³-hybridized carbons (Fsp3) is 0.154. The minimum atomic E-state index is -0.779. The Hall–Kier alpha value is -2.21. The van der Waals surface area contributed by atoms with Crippen molar-refractivity contribution in [2.75, 3.05) is 5.32 Å². The molecule has 0 saturated carbocycles. The molecule has 0 spiro atoms. The second kappa shape index (κ2) is 5.83. The fourth-order valence-electron chi connectivity index (χ4n) is 1.54. The zero-order valence-corrected chi connectivity index (χ0v) is 11.3. The van der Waals surface area contributed by atoms with Crippen LogP contribution in [0.1, 0.15) is 12.5 Å². The molecule has 0 bridgehead atoms. The van der Waals surface area contributed by atoms with Crippen LogP contribution in [0.4, 0.5) is 10.2 Å². The van der Waals surface area contributed by atoms with Gasteiger partial charge in [-0.1, -0.05) is 23.7 Å². The molecule has 5 nitrogen and oxygen atoms in total. The van der Waals surface area contributed by atoms with Crippen molar-refractivity contribution in [3.05, 3.63) is 46.9 Å². The zero-order chi connectivity index (χ0) is 14.7. The Balaban J connectivity index is 2.12. The summed E-state index contributed by atoms with van der Waals surface area (Å²) in [5, 5.41) is 6.59. The summed E-state index contributed by atoms with van der Waals surface area (Å²) in [4.78, 5) is 22.1. The number of nitrogens with zero attached hydrogens (tertiary/aromatic N) is 2. The number of Topliss-reactive ketones (excluding diaryl/α,β-unsaturated/α-hetero) is 1. The molecule has 7 heteroatoms. The summed E-state index contributed by atoms with van der Waals surface area (Å²) in [5.41, 5.74) is 0.829. The number of rotatable bonds is 4. The molecule has 0 aliphatic rings. The normalized spacial score (nSPS) is 10.3. The maximum Gasteiger partial charge on any atom is 0.292 e. The van der Waals surface area contributed by atoms with Crippen LogP contribution in [0, 0.1) is 5.82 Å². The van der Waals surface area contributed by atoms with Crippen LogP contribution in [0.15, 0.2) is 30.5 Å². The second-order valence-electron chi connectivity index (χ2n) is 4.16. The zero-order valence-electron chi connectivity index (χ0n) is 10.6. The first kappa shape index (κ1) is 14.2. The Bertz CT molecular complexity index is 652. The Kier molecular flexibility index (Phi) is 4.14. The van der Waals surface area contributed by atoms with Crippen LogP contribution < -0.4 is 5.32 Å². The van der Waals surface area contributed by atoms with E-state index in [0.29, 0.717) is 6.54 Å². The average Bonchev–Trinajstić information content (AvgIpc) is 2.72. The fourth-order valence-corrected chi connectivity index (χ4v) is 1.73. The van der Waals surface area contributed by atoms with Crippen LogP contribution in [0.2, 0.25) is 5.02 Å². The van der Waals surface area contributed by atoms with Gasteiger partial charge in [-0.3, -0.25) is 14.3 Å². The Morgan fingerprint density at radius 3 is 2.60 bits per heavy atom. The van der Waals surface area contributed by atoms with Gasteiger partial charge in [-0.2, -0.15) is 5.10 Å². The standard InChI is InChI=1S/C13H11ClFN3O2/c1-8(19)13(20)16-12-11(14)7-18(17-12)6-9-2-4-10(15)5-3-9/h2-5,7H,6H2,1H3,(H,16,17,20). The van der Waals surface area contributed by atoms with E-state index in [1.54, 1.807) is 12.1 Å². The van der Waals surface area contributed by atoms with Crippen LogP contribution in [-0.2, 0) is 16.1 Å². The third-order valence-electron chi connectivity index (χ3n) is 2.53. The molecule has 1 heterocycles. The number of carbonyl (C=O) groups is 2. The number of hydrogen-bond donors (Lipinski definition) is 1. The molecule has 2 aromatic rings. The lowest BCUT2D eigenvalue weighted by Gasteiger charge is -2.01. The number of aromatic nitrogens is 2. The SMILES string of the molecule is CC(=O)C(=O)Nc1nn(Cc2ccc(F)cc2)cc1Cl. The molecule has 0 atom stereocenters. The molecule has 0 fully saturated rings. The summed E-state index contributed by atoms with van der Waals surface area (Å²) in [6, 6.07) is 5.94. The predicted octanol–water partition coefficient (Wildman–Crippen LogP) is 2.25. The van der Waals surface area contributed by atoms with E-state index in [0.717, 1.165) is 12.5 Å². The predicted molar refractivity (Wildman–Crippen MR) is 72.0 cm³/mol. The summed E-state index contributed by atoms with van der Waals surface area (Å²) >= 11 is 5.92. The van der Waals surface area contributed by atoms with Crippen LogP contribution in [0.25, 0.3) is 0 Å². The number of anilines is 1. The van der Waals surface area contributed by atoms with Crippen molar-refractivity contribution in [1.29, 1.82) is 0 Å². The highest BCUT2D eigenvalue weighted by Gasteiger charge is 2.13. The maximum atomic E-state index is 12.8. The molecule has 0 aliphatic carbocycles. The third kappa shape index (κ3) is 3.42. The largest absolute Gasteiger partial charge is 0.301 e. The molecular formula is C13H11ClFN3O2. The Labute approximate surface area is 119 Å². The lowest BCUT2D eigenvalue weighted by Crippen LogP contribution is -2.20. The van der Waals surface area contributed by atoms with Gasteiger partial charge < -0.3 is 5.32 Å². The van der Waals surface area contributed by atoms with Gasteiger partial charge in [0.1, 0.15) is 10.8 Å². The van der Waals surface area contributed by atoms with Gasteiger partial charge in [0.25, 0.3) is 5.91 Å². The maximum absolute atomic E-state index is 12.8. The van der Waals surface area contributed by atoms with Crippen LogP contribution in [0.3, 0.4) is 0 Å². The summed E-state index contributed by atoms with van der Waals surface area (Å²) < 4.78 is 14.3. The van der Waals surface area contributed by atoms with Crippen molar-refractivity contribution in [3.63, 3.8) is 0 Å². The van der Waals surface area contributed by atoms with Gasteiger partial charge in [-0.25, -0.2) is 4.39 Å². The number of hydrogen-bond acceptors (Lipinski definition) is 3. The number of benzene rings is 1. The van der Waals surface area contributed by atoms with Crippen LogP contribution in [0.5, 0.6) is 0 Å². The highest BCUT2D eigenvalue weighted by Crippen LogP contribution is 2.20. The first-order valence-corrected chi connectivity index (χ1v) is 6.13. The summed E-state index contributed by atoms with van der Waals surface area (Å²) in [6.45, 7) is 1.52. The van der Waals surface area contributed by atoms with Crippen LogP contribution >= 0.6 is 11.6 Å². The molecule has 1 aromatic carbocycles. The van der Waals surface area contributed by atoms with Crippen molar-refractivity contribution in [2.45, 2.75) is 13.5 Å². The van der Waals surface area contributed by atoms with E-state index in [4.69, 9.17) is 11.6 Å². The summed E-state index contributed by atoms with van der Waals surface area (Å²) in [7, 11) is 0. The van der Waals surface area contributed by atoms with Crippen molar-refractivity contribution < 1.29 is 14.0 Å². The molecule has 0 unspecified atom stereocenters. The van der Waals surface area contributed by atoms with E-state index in [9.17, 15) is 14.0 Å². The highest BCUT2D eigenvalue weighted by atomic mass is 35.5. The number of carbonyl (C=O) groups excluding carboxylic acids is 2. The summed E-state index contributed by atoms with van der Waals surface area (Å²) in [6.07, 6.45) is 1.51. The van der Waals surface area contributed by atoms with Crippen molar-refractivity contribution in [1.82, 2.24) is 9.78 Å². The van der Waals surface area contributed by atoms with Gasteiger partial charge in [-0.15, -0.1) is 0 Å². The van der Waals surface area contributed by atoms with Crippen molar-refractivity contribution in [3.8, 4) is 0 Å². The van der Waals surface area contributed by atoms with Crippen molar-refractivity contribution in [2.24, 2.45) is 0 Å². The van der Waals surface area contributed by atoms with Gasteiger partial charge in [0.15, 0.2) is 5.82 Å². The topological polar surface area (TPSA) is 64.0 Å². The number of amides is 1. The highest BCUT2D eigenvalue weighted by molar-refractivity contribution is 6.41. The number of ketones is 1. The smallest absolute Gasteiger partial charge is 0.292 e. The van der Waals surface area contributed by atoms with E-state index in [1.165, 1.54) is 23.0 Å². The van der Waals surface area contributed by atoms with E-state index >= 15 is 0 Å². The monoisotopic (exact) mass is 295 g/mol. The lowest BCUT2D eigenvalue weighted by molar-refractivity contribution is -0.133. The first-order valence-electron chi connectivity index (χ1n) is 5.75. The van der Waals surface area contributed by atoms with Gasteiger partial charge in [0.2, 0.25) is 5.78 Å². The number of halogens is 2. The van der Waals surface area contributed by atoms with Gasteiger partial charge in [-0.05, 0) is 17.7 Å². The second-order valence-corrected chi connectivity index (χ2v) is 4.57. The molecule has 0 aliphatic heterocycles. The molecule has 1 amide bonds. The van der Waals surface area contributed by atoms with E-state index in [1.807, 2.05) is 0 Å². The molecule has 0 radical (unpaired) electrons. The molecule has 2 rings (SSSR count). The molecular weight excluding hydrogens is 285 g/mol. The minimum absolute atomic E-state index is 0.119. The first-order chi connectivity index (χ1) is 9.45. The Morgan fingerprint density at radius 2 is 2.00 bits per heavy atom.